The summed E-state index contributed by atoms with van der Waals surface area (Å²) in [7, 11) is 4.42. The van der Waals surface area contributed by atoms with Crippen molar-refractivity contribution in [1.29, 1.82) is 0 Å². The number of hydrogen-bond donors (Lipinski definition) is 1. The van der Waals surface area contributed by atoms with Gasteiger partial charge in [0.25, 0.3) is 0 Å². The number of hydrogen-bond acceptors (Lipinski definition) is 3. The van der Waals surface area contributed by atoms with Crippen molar-refractivity contribution >= 4 is 11.6 Å². The highest BCUT2D eigenvalue weighted by Gasteiger charge is 2.30. The van der Waals surface area contributed by atoms with E-state index in [0.29, 0.717) is 6.04 Å². The van der Waals surface area contributed by atoms with Crippen LogP contribution in [0, 0.1) is 0 Å². The van der Waals surface area contributed by atoms with Crippen LogP contribution in [0.1, 0.15) is 37.8 Å². The summed E-state index contributed by atoms with van der Waals surface area (Å²) < 4.78 is 0. The molecule has 0 amide bonds. The standard InChI is InChI=1S/C17H28ClN3/c1-4-16(19)17(13-7-5-8-14(18)11-13)21(3)15-9-6-10-20(2)12-15/h5,7-8,11,15-17H,4,6,9-10,12,19H2,1-3H3. The molecule has 0 radical (unpaired) electrons. The van der Waals surface area contributed by atoms with Crippen molar-refractivity contribution in [3.05, 3.63) is 34.9 Å². The molecular weight excluding hydrogens is 282 g/mol. The van der Waals surface area contributed by atoms with Crippen LogP contribution < -0.4 is 5.73 Å². The molecule has 3 atom stereocenters. The second-order valence-electron chi connectivity index (χ2n) is 6.30. The molecule has 0 aliphatic carbocycles. The van der Waals surface area contributed by atoms with Gasteiger partial charge >= 0.3 is 0 Å². The SMILES string of the molecule is CCC(N)C(c1cccc(Cl)c1)N(C)C1CCCN(C)C1. The lowest BCUT2D eigenvalue weighted by Crippen LogP contribution is -2.50. The van der Waals surface area contributed by atoms with E-state index in [9.17, 15) is 0 Å². The first-order chi connectivity index (χ1) is 10.0. The highest BCUT2D eigenvalue weighted by Crippen LogP contribution is 2.29. The van der Waals surface area contributed by atoms with E-state index in [0.717, 1.165) is 18.0 Å². The van der Waals surface area contributed by atoms with Crippen LogP contribution in [0.5, 0.6) is 0 Å². The largest absolute Gasteiger partial charge is 0.326 e. The molecule has 1 saturated heterocycles. The molecule has 1 aromatic carbocycles. The normalized spacial score (nSPS) is 23.2. The molecule has 118 valence electrons. The molecule has 0 saturated carbocycles. The number of nitrogens with two attached hydrogens (primary N) is 1. The zero-order valence-electron chi connectivity index (χ0n) is 13.4. The minimum absolute atomic E-state index is 0.126. The summed E-state index contributed by atoms with van der Waals surface area (Å²) >= 11 is 6.18. The quantitative estimate of drug-likeness (QED) is 0.907. The molecular formula is C17H28ClN3. The second kappa shape index (κ2) is 7.59. The van der Waals surface area contributed by atoms with Gasteiger partial charge in [-0.15, -0.1) is 0 Å². The molecule has 4 heteroatoms. The molecule has 2 N–H and O–H groups in total. The van der Waals surface area contributed by atoms with Gasteiger partial charge in [-0.2, -0.15) is 0 Å². The van der Waals surface area contributed by atoms with Crippen molar-refractivity contribution < 1.29 is 0 Å². The minimum atomic E-state index is 0.126. The maximum atomic E-state index is 6.44. The van der Waals surface area contributed by atoms with Crippen LogP contribution in [0.15, 0.2) is 24.3 Å². The van der Waals surface area contributed by atoms with Crippen molar-refractivity contribution in [3.8, 4) is 0 Å². The maximum absolute atomic E-state index is 6.44. The van der Waals surface area contributed by atoms with Crippen molar-refractivity contribution in [3.63, 3.8) is 0 Å². The predicted molar refractivity (Wildman–Crippen MR) is 90.7 cm³/mol. The summed E-state index contributed by atoms with van der Waals surface area (Å²) in [5.41, 5.74) is 7.67. The second-order valence-corrected chi connectivity index (χ2v) is 6.73. The molecule has 0 spiro atoms. The van der Waals surface area contributed by atoms with E-state index in [1.165, 1.54) is 24.9 Å². The Morgan fingerprint density at radius 3 is 2.86 bits per heavy atom. The van der Waals surface area contributed by atoms with Gasteiger partial charge in [-0.05, 0) is 57.6 Å². The average Bonchev–Trinajstić information content (AvgIpc) is 2.47. The van der Waals surface area contributed by atoms with Crippen LogP contribution in [0.25, 0.3) is 0 Å². The van der Waals surface area contributed by atoms with Gasteiger partial charge < -0.3 is 10.6 Å². The van der Waals surface area contributed by atoms with E-state index in [1.807, 2.05) is 12.1 Å². The molecule has 21 heavy (non-hydrogen) atoms. The molecule has 1 heterocycles. The molecule has 0 bridgehead atoms. The van der Waals surface area contributed by atoms with Crippen molar-refractivity contribution in [2.75, 3.05) is 27.2 Å². The van der Waals surface area contributed by atoms with Crippen LogP contribution in [0.3, 0.4) is 0 Å². The summed E-state index contributed by atoms with van der Waals surface area (Å²) in [6, 6.07) is 9.07. The van der Waals surface area contributed by atoms with Crippen LogP contribution >= 0.6 is 11.6 Å². The smallest absolute Gasteiger partial charge is 0.0500 e. The number of benzene rings is 1. The van der Waals surface area contributed by atoms with Gasteiger partial charge in [0, 0.05) is 29.7 Å². The monoisotopic (exact) mass is 309 g/mol. The summed E-state index contributed by atoms with van der Waals surface area (Å²) in [6.07, 6.45) is 3.47. The molecule has 3 nitrogen and oxygen atoms in total. The summed E-state index contributed by atoms with van der Waals surface area (Å²) in [6.45, 7) is 4.47. The first-order valence-electron chi connectivity index (χ1n) is 7.94. The predicted octanol–water partition coefficient (Wildman–Crippen LogP) is 3.14. The Bertz CT molecular complexity index is 451. The number of rotatable bonds is 5. The summed E-state index contributed by atoms with van der Waals surface area (Å²) in [4.78, 5) is 4.88. The van der Waals surface area contributed by atoms with E-state index < -0.39 is 0 Å². The number of piperidine rings is 1. The van der Waals surface area contributed by atoms with E-state index in [2.05, 4.69) is 43.0 Å². The zero-order chi connectivity index (χ0) is 15.4. The van der Waals surface area contributed by atoms with Crippen molar-refractivity contribution in [2.24, 2.45) is 5.73 Å². The zero-order valence-corrected chi connectivity index (χ0v) is 14.2. The van der Waals surface area contributed by atoms with Crippen LogP contribution in [0.2, 0.25) is 5.02 Å². The first-order valence-corrected chi connectivity index (χ1v) is 8.32. The summed E-state index contributed by atoms with van der Waals surface area (Å²) in [5, 5.41) is 0.787. The van der Waals surface area contributed by atoms with Gasteiger partial charge in [-0.3, -0.25) is 4.90 Å². The van der Waals surface area contributed by atoms with Crippen LogP contribution in [-0.2, 0) is 0 Å². The molecule has 1 aliphatic rings. The van der Waals surface area contributed by atoms with E-state index in [-0.39, 0.29) is 12.1 Å². The van der Waals surface area contributed by atoms with E-state index >= 15 is 0 Å². The molecule has 3 unspecified atom stereocenters. The third-order valence-corrected chi connectivity index (χ3v) is 4.92. The molecule has 1 fully saturated rings. The Morgan fingerprint density at radius 1 is 1.48 bits per heavy atom. The van der Waals surface area contributed by atoms with E-state index in [4.69, 9.17) is 17.3 Å². The lowest BCUT2D eigenvalue weighted by molar-refractivity contribution is 0.0860. The van der Waals surface area contributed by atoms with Crippen LogP contribution in [0.4, 0.5) is 0 Å². The van der Waals surface area contributed by atoms with Gasteiger partial charge in [0.1, 0.15) is 0 Å². The van der Waals surface area contributed by atoms with Gasteiger partial charge in [0.15, 0.2) is 0 Å². The number of nitrogens with zero attached hydrogens (tertiary/aromatic N) is 2. The molecule has 1 aliphatic heterocycles. The molecule has 2 rings (SSSR count). The van der Waals surface area contributed by atoms with Gasteiger partial charge in [0.05, 0.1) is 0 Å². The Kier molecular flexibility index (Phi) is 6.06. The lowest BCUT2D eigenvalue weighted by atomic mass is 9.93. The fourth-order valence-electron chi connectivity index (χ4n) is 3.40. The fraction of sp³-hybridized carbons (Fsp3) is 0.647. The van der Waals surface area contributed by atoms with Crippen molar-refractivity contribution in [2.45, 2.75) is 44.3 Å². The topological polar surface area (TPSA) is 32.5 Å². The Hall–Kier alpha value is -0.610. The minimum Gasteiger partial charge on any atom is -0.326 e. The third-order valence-electron chi connectivity index (χ3n) is 4.68. The molecule has 1 aromatic rings. The Morgan fingerprint density at radius 2 is 2.24 bits per heavy atom. The van der Waals surface area contributed by atoms with Gasteiger partial charge in [0.2, 0.25) is 0 Å². The first kappa shape index (κ1) is 16.8. The average molecular weight is 310 g/mol. The Balaban J connectivity index is 2.23. The summed E-state index contributed by atoms with van der Waals surface area (Å²) in [5.74, 6) is 0. The van der Waals surface area contributed by atoms with Gasteiger partial charge in [-0.1, -0.05) is 30.7 Å². The highest BCUT2D eigenvalue weighted by atomic mass is 35.5. The lowest BCUT2D eigenvalue weighted by Gasteiger charge is -2.42. The van der Waals surface area contributed by atoms with E-state index in [1.54, 1.807) is 0 Å². The fourth-order valence-corrected chi connectivity index (χ4v) is 3.60. The third kappa shape index (κ3) is 4.19. The number of likely N-dealkylation sites (tertiary alicyclic amines) is 1. The van der Waals surface area contributed by atoms with Crippen molar-refractivity contribution in [1.82, 2.24) is 9.80 Å². The Labute approximate surface area is 134 Å². The maximum Gasteiger partial charge on any atom is 0.0500 e. The number of likely N-dealkylation sites (N-methyl/N-ethyl adjacent to an activating group) is 2. The molecule has 0 aromatic heterocycles. The van der Waals surface area contributed by atoms with Crippen LogP contribution in [-0.4, -0.2) is 49.1 Å². The highest BCUT2D eigenvalue weighted by molar-refractivity contribution is 6.30. The number of halogens is 1. The van der Waals surface area contributed by atoms with Gasteiger partial charge in [-0.25, -0.2) is 0 Å².